The zero-order valence-electron chi connectivity index (χ0n) is 6.78. The standard InChI is InChI=1S/C9H15F/c1-9(2)7-5-3-4-6-8-10/h9H,3-4,6,8H2,1-2H3. The molecule has 0 aromatic carbocycles. The zero-order chi connectivity index (χ0) is 7.82. The Bertz CT molecular complexity index is 116. The summed E-state index contributed by atoms with van der Waals surface area (Å²) in [7, 11) is 0. The average molecular weight is 142 g/mol. The Hall–Kier alpha value is -0.510. The van der Waals surface area contributed by atoms with Gasteiger partial charge in [0.25, 0.3) is 0 Å². The summed E-state index contributed by atoms with van der Waals surface area (Å²) in [6, 6.07) is 0. The van der Waals surface area contributed by atoms with Crippen molar-refractivity contribution in [3.05, 3.63) is 0 Å². The van der Waals surface area contributed by atoms with Crippen LogP contribution in [-0.4, -0.2) is 6.67 Å². The van der Waals surface area contributed by atoms with Crippen molar-refractivity contribution in [2.75, 3.05) is 6.67 Å². The second-order valence-electron chi connectivity index (χ2n) is 2.62. The van der Waals surface area contributed by atoms with Crippen molar-refractivity contribution >= 4 is 0 Å². The Kier molecular flexibility index (Phi) is 6.27. The maximum Gasteiger partial charge on any atom is 0.0894 e. The number of hydrogen-bond acceptors (Lipinski definition) is 0. The van der Waals surface area contributed by atoms with E-state index in [0.717, 1.165) is 12.8 Å². The molecule has 0 unspecified atom stereocenters. The lowest BCUT2D eigenvalue weighted by Gasteiger charge is -1.88. The van der Waals surface area contributed by atoms with E-state index in [1.807, 2.05) is 0 Å². The molecule has 0 N–H and O–H groups in total. The van der Waals surface area contributed by atoms with Crippen molar-refractivity contribution in [3.8, 4) is 11.8 Å². The summed E-state index contributed by atoms with van der Waals surface area (Å²) >= 11 is 0. The van der Waals surface area contributed by atoms with Gasteiger partial charge in [0.15, 0.2) is 0 Å². The molecule has 0 heterocycles. The van der Waals surface area contributed by atoms with Gasteiger partial charge < -0.3 is 0 Å². The highest BCUT2D eigenvalue weighted by Gasteiger charge is 1.83. The highest BCUT2D eigenvalue weighted by Crippen LogP contribution is 1.94. The number of unbranched alkanes of at least 4 members (excludes halogenated alkanes) is 2. The molecule has 0 rings (SSSR count). The van der Waals surface area contributed by atoms with Gasteiger partial charge >= 0.3 is 0 Å². The Balaban J connectivity index is 3.12. The van der Waals surface area contributed by atoms with Gasteiger partial charge in [-0.25, -0.2) is 0 Å². The number of halogens is 1. The van der Waals surface area contributed by atoms with E-state index in [1.165, 1.54) is 0 Å². The molecule has 0 nitrogen and oxygen atoms in total. The van der Waals surface area contributed by atoms with E-state index in [0.29, 0.717) is 12.3 Å². The maximum absolute atomic E-state index is 11.5. The Morgan fingerprint density at radius 2 is 2.00 bits per heavy atom. The van der Waals surface area contributed by atoms with Crippen LogP contribution in [0.15, 0.2) is 0 Å². The molecule has 0 atom stereocenters. The van der Waals surface area contributed by atoms with Gasteiger partial charge in [0, 0.05) is 12.3 Å². The van der Waals surface area contributed by atoms with Gasteiger partial charge in [0.05, 0.1) is 6.67 Å². The van der Waals surface area contributed by atoms with Crippen LogP contribution in [0.2, 0.25) is 0 Å². The largest absolute Gasteiger partial charge is 0.251 e. The molecule has 0 spiro atoms. The molecule has 0 bridgehead atoms. The van der Waals surface area contributed by atoms with Crippen LogP contribution in [0, 0.1) is 17.8 Å². The van der Waals surface area contributed by atoms with Crippen LogP contribution in [0.1, 0.15) is 33.1 Å². The summed E-state index contributed by atoms with van der Waals surface area (Å²) in [5, 5.41) is 0. The van der Waals surface area contributed by atoms with Gasteiger partial charge in [0.2, 0.25) is 0 Å². The van der Waals surface area contributed by atoms with Gasteiger partial charge in [-0.2, -0.15) is 0 Å². The molecule has 0 amide bonds. The summed E-state index contributed by atoms with van der Waals surface area (Å²) in [6.45, 7) is 3.91. The SMILES string of the molecule is CC(C)C#CCCCCF. The summed E-state index contributed by atoms with van der Waals surface area (Å²) in [6.07, 6.45) is 2.41. The van der Waals surface area contributed by atoms with E-state index < -0.39 is 0 Å². The highest BCUT2D eigenvalue weighted by atomic mass is 19.1. The third-order valence-electron chi connectivity index (χ3n) is 1.08. The second-order valence-corrected chi connectivity index (χ2v) is 2.62. The summed E-state index contributed by atoms with van der Waals surface area (Å²) in [5.74, 6) is 6.48. The fraction of sp³-hybridized carbons (Fsp3) is 0.778. The van der Waals surface area contributed by atoms with E-state index in [2.05, 4.69) is 25.7 Å². The topological polar surface area (TPSA) is 0 Å². The molecule has 0 saturated carbocycles. The Morgan fingerprint density at radius 3 is 2.50 bits per heavy atom. The fourth-order valence-electron chi connectivity index (χ4n) is 0.584. The highest BCUT2D eigenvalue weighted by molar-refractivity contribution is 5.00. The first-order chi connectivity index (χ1) is 4.77. The Labute approximate surface area is 62.8 Å². The predicted octanol–water partition coefficient (Wildman–Crippen LogP) is 2.79. The molecular weight excluding hydrogens is 127 g/mol. The molecule has 0 radical (unpaired) electrons. The normalized spacial score (nSPS) is 9.20. The molecule has 10 heavy (non-hydrogen) atoms. The second kappa shape index (κ2) is 6.61. The fourth-order valence-corrected chi connectivity index (χ4v) is 0.584. The third-order valence-corrected chi connectivity index (χ3v) is 1.08. The van der Waals surface area contributed by atoms with E-state index in [-0.39, 0.29) is 6.67 Å². The molecule has 0 aliphatic carbocycles. The van der Waals surface area contributed by atoms with Crippen LogP contribution in [-0.2, 0) is 0 Å². The molecule has 1 heteroatoms. The third kappa shape index (κ3) is 7.49. The molecule has 0 fully saturated rings. The minimum Gasteiger partial charge on any atom is -0.251 e. The van der Waals surface area contributed by atoms with Crippen molar-refractivity contribution in [2.45, 2.75) is 33.1 Å². The number of hydrogen-bond donors (Lipinski definition) is 0. The van der Waals surface area contributed by atoms with Crippen LogP contribution < -0.4 is 0 Å². The molecule has 58 valence electrons. The lowest BCUT2D eigenvalue weighted by Crippen LogP contribution is -1.79. The van der Waals surface area contributed by atoms with Crippen LogP contribution in [0.3, 0.4) is 0 Å². The molecule has 0 saturated heterocycles. The van der Waals surface area contributed by atoms with Crippen LogP contribution in [0.25, 0.3) is 0 Å². The Morgan fingerprint density at radius 1 is 1.30 bits per heavy atom. The molecule has 0 aromatic heterocycles. The first kappa shape index (κ1) is 9.49. The monoisotopic (exact) mass is 142 g/mol. The van der Waals surface area contributed by atoms with Crippen molar-refractivity contribution in [3.63, 3.8) is 0 Å². The van der Waals surface area contributed by atoms with E-state index in [4.69, 9.17) is 0 Å². The van der Waals surface area contributed by atoms with Gasteiger partial charge in [-0.15, -0.1) is 11.8 Å². The minimum atomic E-state index is -0.205. The number of alkyl halides is 1. The first-order valence-corrected chi connectivity index (χ1v) is 3.81. The van der Waals surface area contributed by atoms with Crippen molar-refractivity contribution in [1.82, 2.24) is 0 Å². The molecule has 0 aromatic rings. The number of rotatable bonds is 3. The molecule has 0 aliphatic rings. The summed E-state index contributed by atoms with van der Waals surface area (Å²) < 4.78 is 11.5. The van der Waals surface area contributed by atoms with E-state index >= 15 is 0 Å². The zero-order valence-corrected chi connectivity index (χ0v) is 6.78. The van der Waals surface area contributed by atoms with Crippen LogP contribution >= 0.6 is 0 Å². The van der Waals surface area contributed by atoms with Crippen molar-refractivity contribution < 1.29 is 4.39 Å². The lowest BCUT2D eigenvalue weighted by molar-refractivity contribution is 0.464. The molecule has 0 aliphatic heterocycles. The average Bonchev–Trinajstić information content (AvgIpc) is 1.87. The quantitative estimate of drug-likeness (QED) is 0.420. The summed E-state index contributed by atoms with van der Waals surface area (Å²) in [4.78, 5) is 0. The van der Waals surface area contributed by atoms with Gasteiger partial charge in [-0.05, 0) is 12.8 Å². The summed E-state index contributed by atoms with van der Waals surface area (Å²) in [5.41, 5.74) is 0. The van der Waals surface area contributed by atoms with Crippen LogP contribution in [0.5, 0.6) is 0 Å². The lowest BCUT2D eigenvalue weighted by atomic mass is 10.2. The van der Waals surface area contributed by atoms with E-state index in [1.54, 1.807) is 0 Å². The van der Waals surface area contributed by atoms with Crippen molar-refractivity contribution in [2.24, 2.45) is 5.92 Å². The maximum atomic E-state index is 11.5. The van der Waals surface area contributed by atoms with Gasteiger partial charge in [-0.3, -0.25) is 4.39 Å². The first-order valence-electron chi connectivity index (χ1n) is 3.81. The van der Waals surface area contributed by atoms with Gasteiger partial charge in [-0.1, -0.05) is 13.8 Å². The smallest absolute Gasteiger partial charge is 0.0894 e. The van der Waals surface area contributed by atoms with E-state index in [9.17, 15) is 4.39 Å². The molecular formula is C9H15F. The van der Waals surface area contributed by atoms with Crippen LogP contribution in [0.4, 0.5) is 4.39 Å². The van der Waals surface area contributed by atoms with Gasteiger partial charge in [0.1, 0.15) is 0 Å². The predicted molar refractivity (Wildman–Crippen MR) is 42.4 cm³/mol. The minimum absolute atomic E-state index is 0.205. The van der Waals surface area contributed by atoms with Crippen molar-refractivity contribution in [1.29, 1.82) is 0 Å².